The minimum Gasteiger partial charge on any atom is -0.352 e. The number of thiophene rings is 1. The summed E-state index contributed by atoms with van der Waals surface area (Å²) in [7, 11) is 0. The van der Waals surface area contributed by atoms with Crippen molar-refractivity contribution in [2.24, 2.45) is 0 Å². The van der Waals surface area contributed by atoms with Crippen molar-refractivity contribution >= 4 is 39.0 Å². The first-order valence-electron chi connectivity index (χ1n) is 6.47. The molecule has 0 unspecified atom stereocenters. The van der Waals surface area contributed by atoms with Crippen LogP contribution in [0.2, 0.25) is 5.28 Å². The predicted octanol–water partition coefficient (Wildman–Crippen LogP) is 4.37. The molecule has 0 saturated heterocycles. The number of fused-ring (bicyclic) bond motifs is 1. The third-order valence-corrected chi connectivity index (χ3v) is 4.15. The number of aromatic nitrogens is 2. The molecular formula is C15H14ClN3S. The Bertz CT molecular complexity index is 711. The van der Waals surface area contributed by atoms with Crippen LogP contribution in [0.4, 0.5) is 5.82 Å². The number of hydrogen-bond donors (Lipinski definition) is 0. The molecule has 5 heteroatoms. The Kier molecular flexibility index (Phi) is 3.85. The Balaban J connectivity index is 2.01. The molecule has 0 spiro atoms. The van der Waals surface area contributed by atoms with Gasteiger partial charge in [0.1, 0.15) is 10.6 Å². The van der Waals surface area contributed by atoms with E-state index in [1.807, 2.05) is 11.4 Å². The lowest BCUT2D eigenvalue weighted by Crippen LogP contribution is -2.23. The van der Waals surface area contributed by atoms with Gasteiger partial charge in [-0.2, -0.15) is 4.98 Å². The molecule has 0 aliphatic carbocycles. The van der Waals surface area contributed by atoms with Gasteiger partial charge in [0, 0.05) is 13.1 Å². The zero-order valence-corrected chi connectivity index (χ0v) is 12.7. The first-order valence-corrected chi connectivity index (χ1v) is 7.73. The SMILES string of the molecule is CCN(Cc1ccccc1)c1nc(Cl)nc2sccc12. The second kappa shape index (κ2) is 5.77. The number of benzene rings is 1. The van der Waals surface area contributed by atoms with E-state index in [-0.39, 0.29) is 0 Å². The summed E-state index contributed by atoms with van der Waals surface area (Å²) in [5.74, 6) is 0.910. The van der Waals surface area contributed by atoms with E-state index in [1.54, 1.807) is 11.3 Å². The zero-order valence-electron chi connectivity index (χ0n) is 11.1. The lowest BCUT2D eigenvalue weighted by molar-refractivity contribution is 0.817. The Hall–Kier alpha value is -1.65. The van der Waals surface area contributed by atoms with E-state index in [4.69, 9.17) is 11.6 Å². The smallest absolute Gasteiger partial charge is 0.225 e. The van der Waals surface area contributed by atoms with E-state index in [9.17, 15) is 0 Å². The highest BCUT2D eigenvalue weighted by atomic mass is 35.5. The number of nitrogens with zero attached hydrogens (tertiary/aromatic N) is 3. The fraction of sp³-hybridized carbons (Fsp3) is 0.200. The highest BCUT2D eigenvalue weighted by Gasteiger charge is 2.14. The summed E-state index contributed by atoms with van der Waals surface area (Å²) in [6, 6.07) is 12.4. The minimum absolute atomic E-state index is 0.307. The van der Waals surface area contributed by atoms with Gasteiger partial charge < -0.3 is 4.90 Å². The second-order valence-electron chi connectivity index (χ2n) is 4.46. The summed E-state index contributed by atoms with van der Waals surface area (Å²) in [6.45, 7) is 3.81. The lowest BCUT2D eigenvalue weighted by atomic mass is 10.2. The van der Waals surface area contributed by atoms with Crippen molar-refractivity contribution in [3.63, 3.8) is 0 Å². The van der Waals surface area contributed by atoms with Gasteiger partial charge in [0.15, 0.2) is 0 Å². The molecule has 0 N–H and O–H groups in total. The van der Waals surface area contributed by atoms with E-state index in [1.165, 1.54) is 5.56 Å². The molecule has 0 radical (unpaired) electrons. The van der Waals surface area contributed by atoms with Gasteiger partial charge in [-0.05, 0) is 35.5 Å². The highest BCUT2D eigenvalue weighted by molar-refractivity contribution is 7.16. The van der Waals surface area contributed by atoms with Crippen molar-refractivity contribution in [2.45, 2.75) is 13.5 Å². The van der Waals surface area contributed by atoms with E-state index in [0.717, 1.165) is 29.1 Å². The summed E-state index contributed by atoms with van der Waals surface area (Å²) >= 11 is 7.63. The standard InChI is InChI=1S/C15H14ClN3S/c1-2-19(10-11-6-4-3-5-7-11)13-12-8-9-20-14(12)18-15(16)17-13/h3-9H,2,10H2,1H3. The lowest BCUT2D eigenvalue weighted by Gasteiger charge is -2.22. The van der Waals surface area contributed by atoms with E-state index >= 15 is 0 Å². The maximum atomic E-state index is 6.04. The van der Waals surface area contributed by atoms with Crippen LogP contribution in [0.3, 0.4) is 0 Å². The van der Waals surface area contributed by atoms with Gasteiger partial charge >= 0.3 is 0 Å². The summed E-state index contributed by atoms with van der Waals surface area (Å²) in [6.07, 6.45) is 0. The van der Waals surface area contributed by atoms with Crippen LogP contribution in [0.15, 0.2) is 41.8 Å². The Morgan fingerprint density at radius 3 is 2.70 bits per heavy atom. The summed E-state index contributed by atoms with van der Waals surface area (Å²) in [4.78, 5) is 11.9. The minimum atomic E-state index is 0.307. The highest BCUT2D eigenvalue weighted by Crippen LogP contribution is 2.29. The van der Waals surface area contributed by atoms with Crippen LogP contribution in [-0.4, -0.2) is 16.5 Å². The molecule has 0 aliphatic rings. The Morgan fingerprint density at radius 2 is 1.95 bits per heavy atom. The largest absolute Gasteiger partial charge is 0.352 e. The van der Waals surface area contributed by atoms with Crippen molar-refractivity contribution in [3.05, 3.63) is 52.6 Å². The molecular weight excluding hydrogens is 290 g/mol. The van der Waals surface area contributed by atoms with Gasteiger partial charge in [0.2, 0.25) is 5.28 Å². The van der Waals surface area contributed by atoms with Crippen molar-refractivity contribution < 1.29 is 0 Å². The van der Waals surface area contributed by atoms with Crippen LogP contribution in [0.25, 0.3) is 10.2 Å². The monoisotopic (exact) mass is 303 g/mol. The molecule has 2 heterocycles. The van der Waals surface area contributed by atoms with E-state index in [2.05, 4.69) is 52.1 Å². The molecule has 2 aromatic heterocycles. The molecule has 0 fully saturated rings. The maximum Gasteiger partial charge on any atom is 0.225 e. The van der Waals surface area contributed by atoms with Crippen LogP contribution in [0.5, 0.6) is 0 Å². The number of anilines is 1. The van der Waals surface area contributed by atoms with Gasteiger partial charge in [-0.25, -0.2) is 4.98 Å². The average Bonchev–Trinajstić information content (AvgIpc) is 2.93. The molecule has 3 aromatic rings. The zero-order chi connectivity index (χ0) is 13.9. The molecule has 3 rings (SSSR count). The van der Waals surface area contributed by atoms with Crippen molar-refractivity contribution in [1.29, 1.82) is 0 Å². The van der Waals surface area contributed by atoms with Gasteiger partial charge in [0.05, 0.1) is 5.39 Å². The summed E-state index contributed by atoms with van der Waals surface area (Å²) in [5, 5.41) is 3.40. The molecule has 0 saturated carbocycles. The molecule has 3 nitrogen and oxygen atoms in total. The molecule has 102 valence electrons. The topological polar surface area (TPSA) is 29.0 Å². The van der Waals surface area contributed by atoms with Crippen LogP contribution >= 0.6 is 22.9 Å². The number of halogens is 1. The van der Waals surface area contributed by atoms with Crippen LogP contribution in [0, 0.1) is 0 Å². The van der Waals surface area contributed by atoms with E-state index in [0.29, 0.717) is 5.28 Å². The quantitative estimate of drug-likeness (QED) is 0.670. The average molecular weight is 304 g/mol. The molecule has 0 aliphatic heterocycles. The molecule has 20 heavy (non-hydrogen) atoms. The maximum absolute atomic E-state index is 6.04. The fourth-order valence-corrected chi connectivity index (χ4v) is 3.17. The third-order valence-electron chi connectivity index (χ3n) is 3.18. The van der Waals surface area contributed by atoms with Gasteiger partial charge in [-0.15, -0.1) is 11.3 Å². The Morgan fingerprint density at radius 1 is 1.15 bits per heavy atom. The molecule has 0 atom stereocenters. The van der Waals surface area contributed by atoms with Gasteiger partial charge in [-0.1, -0.05) is 30.3 Å². The third kappa shape index (κ3) is 2.62. The summed E-state index contributed by atoms with van der Waals surface area (Å²) in [5.41, 5.74) is 1.26. The fourth-order valence-electron chi connectivity index (χ4n) is 2.20. The molecule has 0 bridgehead atoms. The normalized spacial score (nSPS) is 10.9. The molecule has 1 aromatic carbocycles. The van der Waals surface area contributed by atoms with Crippen molar-refractivity contribution in [1.82, 2.24) is 9.97 Å². The Labute approximate surface area is 126 Å². The van der Waals surface area contributed by atoms with Crippen LogP contribution in [-0.2, 0) is 6.54 Å². The van der Waals surface area contributed by atoms with Crippen LogP contribution < -0.4 is 4.90 Å². The van der Waals surface area contributed by atoms with Gasteiger partial charge in [-0.3, -0.25) is 0 Å². The van der Waals surface area contributed by atoms with E-state index < -0.39 is 0 Å². The first kappa shape index (κ1) is 13.3. The van der Waals surface area contributed by atoms with Crippen molar-refractivity contribution in [3.8, 4) is 0 Å². The number of rotatable bonds is 4. The van der Waals surface area contributed by atoms with Gasteiger partial charge in [0.25, 0.3) is 0 Å². The predicted molar refractivity (Wildman–Crippen MR) is 85.6 cm³/mol. The second-order valence-corrected chi connectivity index (χ2v) is 5.69. The summed E-state index contributed by atoms with van der Waals surface area (Å²) < 4.78 is 0. The van der Waals surface area contributed by atoms with Crippen molar-refractivity contribution in [2.75, 3.05) is 11.4 Å². The molecule has 0 amide bonds. The number of hydrogen-bond acceptors (Lipinski definition) is 4. The first-order chi connectivity index (χ1) is 9.78. The van der Waals surface area contributed by atoms with Crippen LogP contribution in [0.1, 0.15) is 12.5 Å².